The highest BCUT2D eigenvalue weighted by molar-refractivity contribution is 6.02. The Morgan fingerprint density at radius 2 is 1.21 bits per heavy atom. The second kappa shape index (κ2) is 18.9. The van der Waals surface area contributed by atoms with Gasteiger partial charge in [-0.2, -0.15) is 0 Å². The molecule has 0 aromatic heterocycles. The number of amides is 6. The summed E-state index contributed by atoms with van der Waals surface area (Å²) in [6.07, 6.45) is 0.0609. The van der Waals surface area contributed by atoms with Crippen LogP contribution in [0.1, 0.15) is 36.0 Å². The Morgan fingerprint density at radius 3 is 1.73 bits per heavy atom. The Bertz CT molecular complexity index is 1620. The SMILES string of the molecule is COC(=O)N1CCN(C(=O)N2C(=O)[C@H](CCCN=C(NC(=O)OCc3ccccc3)NC(=O)OCc3ccccc3)[C@H]2CCc2ccccc2)CC1. The number of benzene rings is 3. The number of β-lactam (4-membered cyclic amide) rings is 1. The van der Waals surface area contributed by atoms with E-state index in [-0.39, 0.29) is 43.7 Å². The lowest BCUT2D eigenvalue weighted by Gasteiger charge is -2.48. The van der Waals surface area contributed by atoms with Crippen molar-refractivity contribution in [3.8, 4) is 0 Å². The minimum absolute atomic E-state index is 0.0166. The molecule has 274 valence electrons. The molecule has 0 bridgehead atoms. The van der Waals surface area contributed by atoms with Crippen molar-refractivity contribution in [2.45, 2.75) is 44.9 Å². The van der Waals surface area contributed by atoms with Crippen LogP contribution < -0.4 is 10.6 Å². The molecule has 2 atom stereocenters. The lowest BCUT2D eigenvalue weighted by atomic mass is 9.80. The second-order valence-corrected chi connectivity index (χ2v) is 12.4. The number of nitrogens with zero attached hydrogens (tertiary/aromatic N) is 4. The first-order chi connectivity index (χ1) is 25.3. The molecule has 0 unspecified atom stereocenters. The molecular weight excluding hydrogens is 668 g/mol. The van der Waals surface area contributed by atoms with Crippen molar-refractivity contribution in [1.82, 2.24) is 25.3 Å². The number of likely N-dealkylation sites (tertiary alicyclic amines) is 1. The summed E-state index contributed by atoms with van der Waals surface area (Å²) in [7, 11) is 1.32. The van der Waals surface area contributed by atoms with Gasteiger partial charge in [0.1, 0.15) is 13.2 Å². The summed E-state index contributed by atoms with van der Waals surface area (Å²) in [5, 5.41) is 4.96. The Balaban J connectivity index is 1.19. The van der Waals surface area contributed by atoms with Crippen molar-refractivity contribution in [3.05, 3.63) is 108 Å². The van der Waals surface area contributed by atoms with Gasteiger partial charge in [-0.15, -0.1) is 0 Å². The monoisotopic (exact) mass is 712 g/mol. The predicted octanol–water partition coefficient (Wildman–Crippen LogP) is 4.94. The molecule has 14 nitrogen and oxygen atoms in total. The zero-order valence-corrected chi connectivity index (χ0v) is 29.1. The van der Waals surface area contributed by atoms with Gasteiger partial charge in [-0.3, -0.25) is 25.3 Å². The number of aryl methyl sites for hydroxylation is 1. The predicted molar refractivity (Wildman–Crippen MR) is 191 cm³/mol. The molecule has 2 heterocycles. The lowest BCUT2D eigenvalue weighted by Crippen LogP contribution is -2.67. The number of nitrogens with one attached hydrogen (secondary N) is 2. The van der Waals surface area contributed by atoms with E-state index in [0.29, 0.717) is 51.9 Å². The molecule has 0 aliphatic carbocycles. The van der Waals surface area contributed by atoms with Crippen LogP contribution in [0.25, 0.3) is 0 Å². The molecular formula is C38H44N6O8. The molecule has 5 rings (SSSR count). The van der Waals surface area contributed by atoms with E-state index in [1.807, 2.05) is 91.0 Å². The third kappa shape index (κ3) is 10.5. The minimum atomic E-state index is -0.817. The summed E-state index contributed by atoms with van der Waals surface area (Å²) in [6, 6.07) is 27.5. The standard InChI is InChI=1S/C38H44N6O8/c1-50-38(49)43-24-22-42(23-25-43)37(48)44-32(20-19-28-12-5-2-6-13-28)31(33(44)45)18-11-21-39-34(40-35(46)51-26-29-14-7-3-8-15-29)41-36(47)52-27-30-16-9-4-10-17-30/h2-10,12-17,31-32H,11,18-27H2,1H3,(H2,39,40,41,46,47)/t31-,32-/m1/s1. The van der Waals surface area contributed by atoms with Gasteiger partial charge in [0.2, 0.25) is 11.9 Å². The van der Waals surface area contributed by atoms with Gasteiger partial charge < -0.3 is 24.0 Å². The van der Waals surface area contributed by atoms with Crippen LogP contribution in [0.2, 0.25) is 0 Å². The molecule has 2 aliphatic rings. The zero-order valence-electron chi connectivity index (χ0n) is 29.1. The Hall–Kier alpha value is -5.92. The third-order valence-corrected chi connectivity index (χ3v) is 8.92. The number of guanidine groups is 1. The molecule has 2 aliphatic heterocycles. The van der Waals surface area contributed by atoms with Crippen LogP contribution in [0.3, 0.4) is 0 Å². The fourth-order valence-corrected chi connectivity index (χ4v) is 6.13. The average molecular weight is 713 g/mol. The van der Waals surface area contributed by atoms with E-state index < -0.39 is 24.2 Å². The van der Waals surface area contributed by atoms with E-state index in [4.69, 9.17) is 14.2 Å². The number of piperazine rings is 1. The lowest BCUT2D eigenvalue weighted by molar-refractivity contribution is -0.152. The molecule has 3 aromatic rings. The first-order valence-corrected chi connectivity index (χ1v) is 17.3. The number of methoxy groups -OCH3 is 1. The highest BCUT2D eigenvalue weighted by Crippen LogP contribution is 2.35. The molecule has 0 spiro atoms. The van der Waals surface area contributed by atoms with E-state index in [2.05, 4.69) is 15.6 Å². The van der Waals surface area contributed by atoms with Gasteiger partial charge in [-0.25, -0.2) is 19.2 Å². The van der Waals surface area contributed by atoms with Crippen molar-refractivity contribution in [3.63, 3.8) is 0 Å². The second-order valence-electron chi connectivity index (χ2n) is 12.4. The van der Waals surface area contributed by atoms with E-state index in [1.165, 1.54) is 16.9 Å². The topological polar surface area (TPSA) is 159 Å². The highest BCUT2D eigenvalue weighted by atomic mass is 16.6. The summed E-state index contributed by atoms with van der Waals surface area (Å²) in [5.74, 6) is -0.817. The zero-order chi connectivity index (χ0) is 36.7. The maximum absolute atomic E-state index is 13.6. The molecule has 0 saturated carbocycles. The molecule has 2 N–H and O–H groups in total. The summed E-state index contributed by atoms with van der Waals surface area (Å²) in [5.41, 5.74) is 2.67. The number of imide groups is 1. The number of hydrogen-bond donors (Lipinski definition) is 2. The van der Waals surface area contributed by atoms with E-state index in [9.17, 15) is 24.0 Å². The van der Waals surface area contributed by atoms with Crippen LogP contribution in [-0.4, -0.2) is 96.8 Å². The number of carbonyl (C=O) groups is 5. The molecule has 2 fully saturated rings. The number of alkyl carbamates (subject to hydrolysis) is 2. The summed E-state index contributed by atoms with van der Waals surface area (Å²) >= 11 is 0. The smallest absolute Gasteiger partial charge is 0.414 e. The molecule has 2 saturated heterocycles. The normalized spacial score (nSPS) is 16.6. The van der Waals surface area contributed by atoms with Crippen LogP contribution in [-0.2, 0) is 38.6 Å². The van der Waals surface area contributed by atoms with Crippen LogP contribution >= 0.6 is 0 Å². The van der Waals surface area contributed by atoms with Gasteiger partial charge in [0.15, 0.2) is 0 Å². The van der Waals surface area contributed by atoms with Crippen molar-refractivity contribution in [2.24, 2.45) is 10.9 Å². The van der Waals surface area contributed by atoms with Crippen LogP contribution in [0.5, 0.6) is 0 Å². The van der Waals surface area contributed by atoms with Crippen LogP contribution in [0.15, 0.2) is 96.0 Å². The van der Waals surface area contributed by atoms with Gasteiger partial charge in [-0.1, -0.05) is 91.0 Å². The number of rotatable bonds is 11. The fourth-order valence-electron chi connectivity index (χ4n) is 6.13. The van der Waals surface area contributed by atoms with Crippen LogP contribution in [0.4, 0.5) is 19.2 Å². The maximum atomic E-state index is 13.6. The molecule has 52 heavy (non-hydrogen) atoms. The van der Waals surface area contributed by atoms with Gasteiger partial charge in [0, 0.05) is 32.7 Å². The van der Waals surface area contributed by atoms with Gasteiger partial charge >= 0.3 is 24.3 Å². The first-order valence-electron chi connectivity index (χ1n) is 17.3. The minimum Gasteiger partial charge on any atom is -0.453 e. The number of aliphatic imine (C=N–C) groups is 1. The summed E-state index contributed by atoms with van der Waals surface area (Å²) < 4.78 is 15.4. The largest absolute Gasteiger partial charge is 0.453 e. The maximum Gasteiger partial charge on any atom is 0.414 e. The van der Waals surface area contributed by atoms with Gasteiger partial charge in [0.05, 0.1) is 19.1 Å². The van der Waals surface area contributed by atoms with Gasteiger partial charge in [-0.05, 0) is 42.4 Å². The third-order valence-electron chi connectivity index (χ3n) is 8.92. The molecule has 0 radical (unpaired) electrons. The first kappa shape index (κ1) is 37.3. The molecule has 3 aromatic carbocycles. The van der Waals surface area contributed by atoms with Crippen molar-refractivity contribution in [2.75, 3.05) is 39.8 Å². The molecule has 14 heteroatoms. The number of hydrogen-bond acceptors (Lipinski definition) is 9. The molecule has 6 amide bonds. The van der Waals surface area contributed by atoms with Crippen molar-refractivity contribution < 1.29 is 38.2 Å². The number of ether oxygens (including phenoxy) is 3. The number of urea groups is 1. The van der Waals surface area contributed by atoms with E-state index >= 15 is 0 Å². The summed E-state index contributed by atoms with van der Waals surface area (Å²) in [6.45, 7) is 1.43. The van der Waals surface area contributed by atoms with Crippen molar-refractivity contribution >= 4 is 36.2 Å². The van der Waals surface area contributed by atoms with Crippen molar-refractivity contribution in [1.29, 1.82) is 0 Å². The summed E-state index contributed by atoms with van der Waals surface area (Å²) in [4.78, 5) is 73.2. The van der Waals surface area contributed by atoms with E-state index in [0.717, 1.165) is 16.7 Å². The fraction of sp³-hybridized carbons (Fsp3) is 0.368. The highest BCUT2D eigenvalue weighted by Gasteiger charge is 2.51. The Kier molecular flexibility index (Phi) is 13.6. The van der Waals surface area contributed by atoms with Gasteiger partial charge in [0.25, 0.3) is 0 Å². The average Bonchev–Trinajstić information content (AvgIpc) is 3.18. The van der Waals surface area contributed by atoms with E-state index in [1.54, 1.807) is 4.90 Å². The Labute approximate surface area is 302 Å². The number of carbonyl (C=O) groups excluding carboxylic acids is 5. The Morgan fingerprint density at radius 1 is 0.712 bits per heavy atom. The van der Waals surface area contributed by atoms with Crippen LogP contribution in [0, 0.1) is 5.92 Å². The quantitative estimate of drug-likeness (QED) is 0.0931.